The molecule has 1 aliphatic carbocycles. The molecule has 1 aromatic carbocycles. The van der Waals surface area contributed by atoms with Crippen molar-refractivity contribution in [1.82, 2.24) is 5.32 Å². The molecule has 2 aliphatic heterocycles. The largest absolute Gasteiger partial charge is 0.325 e. The summed E-state index contributed by atoms with van der Waals surface area (Å²) < 4.78 is 24.0. The second kappa shape index (κ2) is 6.65. The molecule has 0 aromatic heterocycles. The van der Waals surface area contributed by atoms with E-state index in [1.165, 1.54) is 19.3 Å². The molecule has 4 rings (SSSR count). The summed E-state index contributed by atoms with van der Waals surface area (Å²) in [5, 5.41) is 6.35. The first-order chi connectivity index (χ1) is 11.0. The second-order valence-corrected chi connectivity index (χ2v) is 9.06. The minimum Gasteiger partial charge on any atom is -0.325 e. The summed E-state index contributed by atoms with van der Waals surface area (Å²) >= 11 is 0. The number of sulfone groups is 1. The standard InChI is InChI=1S/C17H22N2O3S.ClH/c20-17(15-9-12-3-1-2-4-14(12)19-15)18-13-6-5-11-7-8-23(21,22)16(11)10-13;/h5-6,10,12,14-15,19H,1-4,7-9H2,(H,18,20);1H. The Morgan fingerprint density at radius 3 is 2.79 bits per heavy atom. The number of amides is 1. The Bertz CT molecular complexity index is 736. The highest BCUT2D eigenvalue weighted by atomic mass is 35.5. The lowest BCUT2D eigenvalue weighted by Crippen LogP contribution is -2.39. The van der Waals surface area contributed by atoms with Crippen LogP contribution in [-0.2, 0) is 21.1 Å². The Labute approximate surface area is 148 Å². The minimum absolute atomic E-state index is 0. The molecule has 2 heterocycles. The van der Waals surface area contributed by atoms with Crippen molar-refractivity contribution in [3.8, 4) is 0 Å². The van der Waals surface area contributed by atoms with Crippen LogP contribution in [0.4, 0.5) is 5.69 Å². The molecule has 3 aliphatic rings. The fourth-order valence-electron chi connectivity index (χ4n) is 4.23. The molecule has 7 heteroatoms. The van der Waals surface area contributed by atoms with E-state index in [0.29, 0.717) is 29.0 Å². The molecule has 1 amide bonds. The molecule has 0 bridgehead atoms. The number of anilines is 1. The van der Waals surface area contributed by atoms with Gasteiger partial charge in [-0.15, -0.1) is 12.4 Å². The van der Waals surface area contributed by atoms with Crippen molar-refractivity contribution in [3.05, 3.63) is 23.8 Å². The van der Waals surface area contributed by atoms with Gasteiger partial charge in [0.25, 0.3) is 0 Å². The molecular formula is C17H23ClN2O3S. The van der Waals surface area contributed by atoms with Gasteiger partial charge < -0.3 is 10.6 Å². The van der Waals surface area contributed by atoms with Crippen LogP contribution in [0.5, 0.6) is 0 Å². The average molecular weight is 371 g/mol. The third kappa shape index (κ3) is 3.19. The van der Waals surface area contributed by atoms with E-state index in [1.807, 2.05) is 6.07 Å². The van der Waals surface area contributed by atoms with Crippen LogP contribution in [-0.4, -0.2) is 32.2 Å². The zero-order valence-corrected chi connectivity index (χ0v) is 15.1. The van der Waals surface area contributed by atoms with E-state index >= 15 is 0 Å². The van der Waals surface area contributed by atoms with Gasteiger partial charge in [0.2, 0.25) is 5.91 Å². The Morgan fingerprint density at radius 1 is 1.21 bits per heavy atom. The number of rotatable bonds is 2. The zero-order chi connectivity index (χ0) is 16.0. The van der Waals surface area contributed by atoms with E-state index in [4.69, 9.17) is 0 Å². The molecule has 0 radical (unpaired) electrons. The van der Waals surface area contributed by atoms with Gasteiger partial charge >= 0.3 is 0 Å². The molecule has 5 nitrogen and oxygen atoms in total. The monoisotopic (exact) mass is 370 g/mol. The van der Waals surface area contributed by atoms with Crippen LogP contribution < -0.4 is 10.6 Å². The Balaban J connectivity index is 0.00000169. The highest BCUT2D eigenvalue weighted by Gasteiger charge is 2.38. The first kappa shape index (κ1) is 17.7. The highest BCUT2D eigenvalue weighted by molar-refractivity contribution is 7.91. The molecule has 3 atom stereocenters. The molecule has 132 valence electrons. The predicted octanol–water partition coefficient (Wildman–Crippen LogP) is 2.30. The maximum atomic E-state index is 12.5. The Hall–Kier alpha value is -1.11. The van der Waals surface area contributed by atoms with Crippen LogP contribution in [0.2, 0.25) is 0 Å². The number of carbonyl (C=O) groups excluding carboxylic acids is 1. The quantitative estimate of drug-likeness (QED) is 0.837. The number of benzene rings is 1. The van der Waals surface area contributed by atoms with Crippen molar-refractivity contribution in [1.29, 1.82) is 0 Å². The van der Waals surface area contributed by atoms with Crippen molar-refractivity contribution >= 4 is 33.8 Å². The molecule has 2 fully saturated rings. The fraction of sp³-hybridized carbons (Fsp3) is 0.588. The number of carbonyl (C=O) groups is 1. The summed E-state index contributed by atoms with van der Waals surface area (Å²) in [6.07, 6.45) is 6.33. The van der Waals surface area contributed by atoms with Crippen LogP contribution in [0.1, 0.15) is 37.7 Å². The number of hydrogen-bond donors (Lipinski definition) is 2. The van der Waals surface area contributed by atoms with Gasteiger partial charge in [0.1, 0.15) is 0 Å². The van der Waals surface area contributed by atoms with Crippen molar-refractivity contribution in [2.45, 2.75) is 55.5 Å². The first-order valence-electron chi connectivity index (χ1n) is 8.45. The third-order valence-corrected chi connectivity index (χ3v) is 7.28. The van der Waals surface area contributed by atoms with Crippen LogP contribution in [0.25, 0.3) is 0 Å². The number of aryl methyl sites for hydroxylation is 1. The number of hydrogen-bond acceptors (Lipinski definition) is 4. The van der Waals surface area contributed by atoms with E-state index in [0.717, 1.165) is 18.4 Å². The van der Waals surface area contributed by atoms with Crippen LogP contribution in [0, 0.1) is 5.92 Å². The summed E-state index contributed by atoms with van der Waals surface area (Å²) in [5.41, 5.74) is 1.43. The van der Waals surface area contributed by atoms with E-state index in [1.54, 1.807) is 12.1 Å². The van der Waals surface area contributed by atoms with E-state index < -0.39 is 9.84 Å². The lowest BCUT2D eigenvalue weighted by atomic mass is 9.85. The van der Waals surface area contributed by atoms with Crippen molar-refractivity contribution in [3.63, 3.8) is 0 Å². The molecule has 24 heavy (non-hydrogen) atoms. The van der Waals surface area contributed by atoms with Gasteiger partial charge in [-0.05, 0) is 49.3 Å². The summed E-state index contributed by atoms with van der Waals surface area (Å²) in [6.45, 7) is 0. The molecule has 1 aromatic rings. The molecule has 2 N–H and O–H groups in total. The third-order valence-electron chi connectivity index (χ3n) is 5.49. The highest BCUT2D eigenvalue weighted by Crippen LogP contribution is 2.34. The molecule has 0 spiro atoms. The molecule has 1 saturated carbocycles. The summed E-state index contributed by atoms with van der Waals surface area (Å²) in [7, 11) is -3.17. The van der Waals surface area contributed by atoms with Gasteiger partial charge in [-0.1, -0.05) is 18.9 Å². The van der Waals surface area contributed by atoms with Crippen molar-refractivity contribution in [2.24, 2.45) is 5.92 Å². The van der Waals surface area contributed by atoms with E-state index in [2.05, 4.69) is 10.6 Å². The van der Waals surface area contributed by atoms with Gasteiger partial charge in [0.05, 0.1) is 16.7 Å². The minimum atomic E-state index is -3.17. The second-order valence-electron chi connectivity index (χ2n) is 6.99. The lowest BCUT2D eigenvalue weighted by molar-refractivity contribution is -0.117. The van der Waals surface area contributed by atoms with Crippen molar-refractivity contribution < 1.29 is 13.2 Å². The topological polar surface area (TPSA) is 75.3 Å². The molecule has 3 unspecified atom stereocenters. The van der Waals surface area contributed by atoms with Gasteiger partial charge in [-0.25, -0.2) is 8.42 Å². The van der Waals surface area contributed by atoms with Crippen LogP contribution >= 0.6 is 12.4 Å². The maximum Gasteiger partial charge on any atom is 0.241 e. The van der Waals surface area contributed by atoms with E-state index in [9.17, 15) is 13.2 Å². The number of halogens is 1. The van der Waals surface area contributed by atoms with Crippen LogP contribution in [0.15, 0.2) is 23.1 Å². The predicted molar refractivity (Wildman–Crippen MR) is 95.4 cm³/mol. The Morgan fingerprint density at radius 2 is 2.00 bits per heavy atom. The summed E-state index contributed by atoms with van der Waals surface area (Å²) in [4.78, 5) is 12.9. The summed E-state index contributed by atoms with van der Waals surface area (Å²) in [5.74, 6) is 0.738. The number of nitrogens with one attached hydrogen (secondary N) is 2. The number of fused-ring (bicyclic) bond motifs is 2. The Kier molecular flexibility index (Phi) is 4.91. The molecular weight excluding hydrogens is 348 g/mol. The average Bonchev–Trinajstić information content (AvgIpc) is 3.09. The summed E-state index contributed by atoms with van der Waals surface area (Å²) in [6, 6.07) is 5.54. The lowest BCUT2D eigenvalue weighted by Gasteiger charge is -2.24. The fourth-order valence-corrected chi connectivity index (χ4v) is 5.82. The first-order valence-corrected chi connectivity index (χ1v) is 10.1. The SMILES string of the molecule is Cl.O=C(Nc1ccc2c(c1)S(=O)(=O)CC2)C1CC2CCCCC2N1. The van der Waals surface area contributed by atoms with E-state index in [-0.39, 0.29) is 30.1 Å². The van der Waals surface area contributed by atoms with Crippen molar-refractivity contribution in [2.75, 3.05) is 11.1 Å². The smallest absolute Gasteiger partial charge is 0.241 e. The normalized spacial score (nSPS) is 30.1. The van der Waals surface area contributed by atoms with Gasteiger partial charge in [-0.3, -0.25) is 4.79 Å². The van der Waals surface area contributed by atoms with Crippen LogP contribution in [0.3, 0.4) is 0 Å². The zero-order valence-electron chi connectivity index (χ0n) is 13.5. The van der Waals surface area contributed by atoms with Gasteiger partial charge in [0.15, 0.2) is 9.84 Å². The van der Waals surface area contributed by atoms with Gasteiger partial charge in [0, 0.05) is 11.7 Å². The molecule has 1 saturated heterocycles. The maximum absolute atomic E-state index is 12.5. The van der Waals surface area contributed by atoms with Gasteiger partial charge in [-0.2, -0.15) is 0 Å².